The van der Waals surface area contributed by atoms with Crippen molar-refractivity contribution in [3.05, 3.63) is 17.7 Å². The van der Waals surface area contributed by atoms with E-state index in [-0.39, 0.29) is 5.91 Å². The number of carbonyl (C=O) groups excluding carboxylic acids is 1. The molecule has 0 saturated carbocycles. The Morgan fingerprint density at radius 1 is 1.32 bits per heavy atom. The first-order valence-corrected chi connectivity index (χ1v) is 6.28. The molecule has 100 valence electrons. The normalized spacial score (nSPS) is 16.3. The van der Waals surface area contributed by atoms with Gasteiger partial charge in [-0.15, -0.1) is 0 Å². The van der Waals surface area contributed by atoms with Crippen molar-refractivity contribution < 1.29 is 4.79 Å². The number of nitrogens with zero attached hydrogens (tertiary/aromatic N) is 2. The van der Waals surface area contributed by atoms with Crippen LogP contribution in [0.1, 0.15) is 32.3 Å². The first-order chi connectivity index (χ1) is 8.89. The van der Waals surface area contributed by atoms with Gasteiger partial charge in [0, 0.05) is 13.0 Å². The minimum Gasteiger partial charge on any atom is -0.397 e. The number of rotatable bonds is 3. The lowest BCUT2D eigenvalue weighted by molar-refractivity contribution is -0.122. The number of unbranched alkanes of at least 4 members (excludes halogenated alkanes) is 1. The number of nitrogen functional groups attached to an aromatic ring is 2. The molecular weight excluding hydrogens is 240 g/mol. The van der Waals surface area contributed by atoms with Crippen LogP contribution in [0.25, 0.3) is 0 Å². The highest BCUT2D eigenvalue weighted by Crippen LogP contribution is 2.44. The summed E-state index contributed by atoms with van der Waals surface area (Å²) in [6.45, 7) is 4.30. The molecular formula is C14H18N4O. The van der Waals surface area contributed by atoms with Gasteiger partial charge >= 0.3 is 0 Å². The summed E-state index contributed by atoms with van der Waals surface area (Å²) >= 11 is 0. The molecule has 1 aromatic carbocycles. The molecule has 5 nitrogen and oxygen atoms in total. The fourth-order valence-corrected chi connectivity index (χ4v) is 2.45. The van der Waals surface area contributed by atoms with E-state index < -0.39 is 5.41 Å². The Morgan fingerprint density at radius 2 is 1.95 bits per heavy atom. The van der Waals surface area contributed by atoms with E-state index in [2.05, 4.69) is 6.07 Å². The maximum Gasteiger partial charge on any atom is 0.237 e. The van der Waals surface area contributed by atoms with E-state index >= 15 is 0 Å². The quantitative estimate of drug-likeness (QED) is 0.638. The van der Waals surface area contributed by atoms with Crippen LogP contribution in [0.2, 0.25) is 0 Å². The van der Waals surface area contributed by atoms with Crippen molar-refractivity contribution in [1.29, 1.82) is 5.26 Å². The average molecular weight is 258 g/mol. The number of carbonyl (C=O) groups is 1. The zero-order valence-electron chi connectivity index (χ0n) is 11.2. The van der Waals surface area contributed by atoms with Crippen LogP contribution in [0.4, 0.5) is 17.1 Å². The van der Waals surface area contributed by atoms with Crippen LogP contribution in [-0.2, 0) is 10.2 Å². The van der Waals surface area contributed by atoms with Gasteiger partial charge in [0.2, 0.25) is 5.91 Å². The number of amides is 1. The summed E-state index contributed by atoms with van der Waals surface area (Å²) < 4.78 is 0. The lowest BCUT2D eigenvalue weighted by atomic mass is 9.86. The fourth-order valence-electron chi connectivity index (χ4n) is 2.45. The second-order valence-electron chi connectivity index (χ2n) is 5.34. The second kappa shape index (κ2) is 4.47. The van der Waals surface area contributed by atoms with Gasteiger partial charge in [-0.2, -0.15) is 5.26 Å². The maximum atomic E-state index is 12.5. The predicted molar refractivity (Wildman–Crippen MR) is 75.5 cm³/mol. The van der Waals surface area contributed by atoms with E-state index in [4.69, 9.17) is 16.7 Å². The molecule has 1 amide bonds. The molecule has 0 aromatic heterocycles. The van der Waals surface area contributed by atoms with Gasteiger partial charge in [-0.3, -0.25) is 4.79 Å². The number of hydrogen-bond donors (Lipinski definition) is 2. The van der Waals surface area contributed by atoms with Crippen molar-refractivity contribution in [3.8, 4) is 6.07 Å². The van der Waals surface area contributed by atoms with Crippen LogP contribution < -0.4 is 16.4 Å². The smallest absolute Gasteiger partial charge is 0.237 e. The van der Waals surface area contributed by atoms with Gasteiger partial charge in [-0.1, -0.05) is 0 Å². The molecule has 1 aromatic rings. The topological polar surface area (TPSA) is 96.1 Å². The van der Waals surface area contributed by atoms with Crippen LogP contribution in [0.15, 0.2) is 12.1 Å². The van der Waals surface area contributed by atoms with Crippen LogP contribution in [0, 0.1) is 11.3 Å². The minimum absolute atomic E-state index is 0.0328. The number of nitriles is 1. The fraction of sp³-hybridized carbons (Fsp3) is 0.429. The van der Waals surface area contributed by atoms with E-state index in [0.29, 0.717) is 30.8 Å². The van der Waals surface area contributed by atoms with Gasteiger partial charge in [0.25, 0.3) is 0 Å². The second-order valence-corrected chi connectivity index (χ2v) is 5.34. The van der Waals surface area contributed by atoms with Crippen LogP contribution >= 0.6 is 0 Å². The minimum atomic E-state index is -0.593. The largest absolute Gasteiger partial charge is 0.397 e. The van der Waals surface area contributed by atoms with Gasteiger partial charge in [-0.05, 0) is 38.0 Å². The lowest BCUT2D eigenvalue weighted by Gasteiger charge is -2.19. The Morgan fingerprint density at radius 3 is 2.58 bits per heavy atom. The highest BCUT2D eigenvalue weighted by Gasteiger charge is 2.43. The molecule has 0 aliphatic carbocycles. The molecule has 0 unspecified atom stereocenters. The molecule has 1 aliphatic heterocycles. The van der Waals surface area contributed by atoms with Crippen molar-refractivity contribution >= 4 is 23.0 Å². The number of benzene rings is 1. The Hall–Kier alpha value is -2.22. The number of nitrogens with two attached hydrogens (primary N) is 2. The Kier molecular flexibility index (Phi) is 3.11. The van der Waals surface area contributed by atoms with Gasteiger partial charge in [0.1, 0.15) is 0 Å². The Labute approximate surface area is 112 Å². The SMILES string of the molecule is CC1(C)C(=O)N(CCCC#N)c2cc(N)c(N)cc21. The van der Waals surface area contributed by atoms with E-state index in [9.17, 15) is 4.79 Å². The summed E-state index contributed by atoms with van der Waals surface area (Å²) in [5, 5.41) is 8.59. The van der Waals surface area contributed by atoms with Crippen LogP contribution in [0.5, 0.6) is 0 Å². The predicted octanol–water partition coefficient (Wildman–Crippen LogP) is 1.78. The van der Waals surface area contributed by atoms with Crippen molar-refractivity contribution in [1.82, 2.24) is 0 Å². The van der Waals surface area contributed by atoms with Crippen molar-refractivity contribution in [2.24, 2.45) is 0 Å². The first kappa shape index (κ1) is 13.2. The average Bonchev–Trinajstić information content (AvgIpc) is 2.52. The molecule has 1 aliphatic rings. The molecule has 4 N–H and O–H groups in total. The molecule has 2 rings (SSSR count). The third kappa shape index (κ3) is 1.99. The highest BCUT2D eigenvalue weighted by molar-refractivity contribution is 6.08. The maximum absolute atomic E-state index is 12.5. The lowest BCUT2D eigenvalue weighted by Crippen LogP contribution is -2.36. The zero-order valence-corrected chi connectivity index (χ0v) is 11.2. The van der Waals surface area contributed by atoms with Crippen molar-refractivity contribution in [2.45, 2.75) is 32.1 Å². The van der Waals surface area contributed by atoms with E-state index in [1.807, 2.05) is 13.8 Å². The molecule has 1 heterocycles. The summed E-state index contributed by atoms with van der Waals surface area (Å²) in [6.07, 6.45) is 1.09. The van der Waals surface area contributed by atoms with Gasteiger partial charge in [0.15, 0.2) is 0 Å². The summed E-state index contributed by atoms with van der Waals surface area (Å²) in [7, 11) is 0. The number of fused-ring (bicyclic) bond motifs is 1. The van der Waals surface area contributed by atoms with E-state index in [1.54, 1.807) is 17.0 Å². The molecule has 0 atom stereocenters. The van der Waals surface area contributed by atoms with Gasteiger partial charge in [-0.25, -0.2) is 0 Å². The molecule has 0 saturated heterocycles. The molecule has 0 bridgehead atoms. The summed E-state index contributed by atoms with van der Waals surface area (Å²) in [5.41, 5.74) is 13.8. The molecule has 19 heavy (non-hydrogen) atoms. The van der Waals surface area contributed by atoms with Crippen molar-refractivity contribution in [2.75, 3.05) is 22.9 Å². The summed E-state index contributed by atoms with van der Waals surface area (Å²) in [5.74, 6) is 0.0328. The van der Waals surface area contributed by atoms with Crippen LogP contribution in [0.3, 0.4) is 0 Å². The summed E-state index contributed by atoms with van der Waals surface area (Å²) in [4.78, 5) is 14.2. The molecule has 0 spiro atoms. The van der Waals surface area contributed by atoms with E-state index in [0.717, 1.165) is 11.3 Å². The summed E-state index contributed by atoms with van der Waals surface area (Å²) in [6, 6.07) is 5.63. The first-order valence-electron chi connectivity index (χ1n) is 6.28. The standard InChI is InChI=1S/C14H18N4O/c1-14(2)9-7-10(16)11(17)8-12(9)18(13(14)19)6-4-3-5-15/h7-8H,3-4,6,16-17H2,1-2H3. The Bertz CT molecular complexity index is 572. The zero-order chi connectivity index (χ0) is 14.2. The monoisotopic (exact) mass is 258 g/mol. The number of hydrogen-bond acceptors (Lipinski definition) is 4. The van der Waals surface area contributed by atoms with Crippen molar-refractivity contribution in [3.63, 3.8) is 0 Å². The number of anilines is 3. The van der Waals surface area contributed by atoms with Gasteiger partial charge in [0.05, 0.1) is 28.5 Å². The van der Waals surface area contributed by atoms with E-state index in [1.165, 1.54) is 0 Å². The molecule has 0 fully saturated rings. The Balaban J connectivity index is 2.43. The third-order valence-corrected chi connectivity index (χ3v) is 3.62. The molecule has 5 heteroatoms. The molecule has 0 radical (unpaired) electrons. The van der Waals surface area contributed by atoms with Gasteiger partial charge < -0.3 is 16.4 Å². The highest BCUT2D eigenvalue weighted by atomic mass is 16.2. The van der Waals surface area contributed by atoms with Crippen LogP contribution in [-0.4, -0.2) is 12.5 Å². The third-order valence-electron chi connectivity index (χ3n) is 3.62.